The van der Waals surface area contributed by atoms with Gasteiger partial charge in [-0.05, 0) is 113 Å². The van der Waals surface area contributed by atoms with Crippen LogP contribution >= 0.6 is 11.3 Å². The standard InChI is InChI=1S/C64H41NS/c1-3-18-44(19-4-1)62-56-26-10-9-24-52(56)53-39-36-46(41-58(53)63(62)45-20-5-2-6-21-45)49-23-11-13-30-59(49)65(60-31-16-28-51-48-22-8-7-17-42(48)35-40-54(51)60)47-37-33-43(34-38-47)50-27-15-29-57-55-25-12-14-32-61(55)66-64(50)57/h1-41H. The van der Waals surface area contributed by atoms with Crippen molar-refractivity contribution in [1.82, 2.24) is 0 Å². The lowest BCUT2D eigenvalue weighted by molar-refractivity contribution is 1.30. The normalized spacial score (nSPS) is 11.6. The van der Waals surface area contributed by atoms with Crippen LogP contribution < -0.4 is 4.90 Å². The Hall–Kier alpha value is -8.30. The Kier molecular flexibility index (Phi) is 9.11. The van der Waals surface area contributed by atoms with Crippen molar-refractivity contribution in [2.75, 3.05) is 4.90 Å². The first-order valence-corrected chi connectivity index (χ1v) is 23.5. The average Bonchev–Trinajstić information content (AvgIpc) is 3.78. The van der Waals surface area contributed by atoms with Gasteiger partial charge in [0.25, 0.3) is 0 Å². The van der Waals surface area contributed by atoms with E-state index in [-0.39, 0.29) is 0 Å². The molecule has 1 heterocycles. The molecular formula is C64H41NS. The zero-order chi connectivity index (χ0) is 43.6. The van der Waals surface area contributed by atoms with Crippen LogP contribution in [0.1, 0.15) is 0 Å². The summed E-state index contributed by atoms with van der Waals surface area (Å²) in [6.45, 7) is 0. The smallest absolute Gasteiger partial charge is 0.0540 e. The summed E-state index contributed by atoms with van der Waals surface area (Å²) in [6.07, 6.45) is 0. The van der Waals surface area contributed by atoms with Gasteiger partial charge in [0.1, 0.15) is 0 Å². The molecular weight excluding hydrogens is 815 g/mol. The Morgan fingerprint density at radius 1 is 0.273 bits per heavy atom. The van der Waals surface area contributed by atoms with Crippen molar-refractivity contribution in [2.45, 2.75) is 0 Å². The fourth-order valence-electron chi connectivity index (χ4n) is 10.5. The molecule has 0 aliphatic carbocycles. The Morgan fingerprint density at radius 3 is 1.61 bits per heavy atom. The molecule has 0 unspecified atom stereocenters. The molecule has 12 aromatic carbocycles. The van der Waals surface area contributed by atoms with E-state index in [1.807, 2.05) is 11.3 Å². The van der Waals surface area contributed by atoms with Gasteiger partial charge in [-0.15, -0.1) is 11.3 Å². The number of nitrogens with zero attached hydrogens (tertiary/aromatic N) is 1. The first-order chi connectivity index (χ1) is 32.8. The molecule has 66 heavy (non-hydrogen) atoms. The van der Waals surface area contributed by atoms with E-state index in [1.54, 1.807) is 0 Å². The maximum Gasteiger partial charge on any atom is 0.0540 e. The Bertz CT molecular complexity index is 3980. The lowest BCUT2D eigenvalue weighted by Crippen LogP contribution is -2.11. The Morgan fingerprint density at radius 2 is 0.803 bits per heavy atom. The molecule has 0 aliphatic rings. The minimum Gasteiger partial charge on any atom is -0.309 e. The van der Waals surface area contributed by atoms with Crippen LogP contribution in [0.3, 0.4) is 0 Å². The minimum absolute atomic E-state index is 1.10. The van der Waals surface area contributed by atoms with Crippen molar-refractivity contribution in [1.29, 1.82) is 0 Å². The summed E-state index contributed by atoms with van der Waals surface area (Å²) >= 11 is 1.88. The number of anilines is 3. The third-order valence-corrected chi connectivity index (χ3v) is 14.7. The van der Waals surface area contributed by atoms with E-state index < -0.39 is 0 Å². The van der Waals surface area contributed by atoms with Gasteiger partial charge in [0.15, 0.2) is 0 Å². The molecule has 13 aromatic rings. The number of hydrogen-bond acceptors (Lipinski definition) is 2. The van der Waals surface area contributed by atoms with Gasteiger partial charge in [-0.2, -0.15) is 0 Å². The van der Waals surface area contributed by atoms with Crippen molar-refractivity contribution in [2.24, 2.45) is 0 Å². The zero-order valence-electron chi connectivity index (χ0n) is 36.0. The molecule has 13 rings (SSSR count). The summed E-state index contributed by atoms with van der Waals surface area (Å²) < 4.78 is 2.64. The molecule has 0 spiro atoms. The first-order valence-electron chi connectivity index (χ1n) is 22.7. The number of fused-ring (bicyclic) bond motifs is 9. The predicted octanol–water partition coefficient (Wildman–Crippen LogP) is 18.8. The lowest BCUT2D eigenvalue weighted by Gasteiger charge is -2.29. The summed E-state index contributed by atoms with van der Waals surface area (Å²) in [5.41, 5.74) is 13.0. The number of para-hydroxylation sites is 1. The van der Waals surface area contributed by atoms with Crippen molar-refractivity contribution < 1.29 is 0 Å². The van der Waals surface area contributed by atoms with E-state index in [4.69, 9.17) is 0 Å². The van der Waals surface area contributed by atoms with Gasteiger partial charge in [-0.3, -0.25) is 0 Å². The number of hydrogen-bond donors (Lipinski definition) is 0. The maximum atomic E-state index is 2.48. The summed E-state index contributed by atoms with van der Waals surface area (Å²) in [5, 5.41) is 12.5. The molecule has 1 nitrogen and oxygen atoms in total. The van der Waals surface area contributed by atoms with Crippen LogP contribution in [-0.4, -0.2) is 0 Å². The monoisotopic (exact) mass is 855 g/mol. The van der Waals surface area contributed by atoms with Gasteiger partial charge in [0.2, 0.25) is 0 Å². The highest BCUT2D eigenvalue weighted by atomic mass is 32.1. The molecule has 0 fully saturated rings. The first kappa shape index (κ1) is 38.2. The topological polar surface area (TPSA) is 3.24 Å². The third kappa shape index (κ3) is 6.22. The van der Waals surface area contributed by atoms with Gasteiger partial charge < -0.3 is 4.90 Å². The van der Waals surface area contributed by atoms with E-state index in [1.165, 1.54) is 96.6 Å². The quantitative estimate of drug-likeness (QED) is 0.144. The lowest BCUT2D eigenvalue weighted by atomic mass is 9.84. The SMILES string of the molecule is c1ccc(-c2c(-c3ccccc3)c3cc(-c4ccccc4N(c4ccc(-c5cccc6c5sc5ccccc56)cc4)c4cccc5c4ccc4ccccc45)ccc3c3ccccc23)cc1. The van der Waals surface area contributed by atoms with Crippen LogP contribution in [0.15, 0.2) is 249 Å². The van der Waals surface area contributed by atoms with Gasteiger partial charge in [0, 0.05) is 36.8 Å². The maximum absolute atomic E-state index is 2.48. The summed E-state index contributed by atoms with van der Waals surface area (Å²) in [5.74, 6) is 0. The van der Waals surface area contributed by atoms with Crippen molar-refractivity contribution in [3.63, 3.8) is 0 Å². The zero-order valence-corrected chi connectivity index (χ0v) is 36.8. The van der Waals surface area contributed by atoms with E-state index in [0.717, 1.165) is 28.2 Å². The largest absolute Gasteiger partial charge is 0.309 e. The molecule has 0 saturated carbocycles. The highest BCUT2D eigenvalue weighted by Crippen LogP contribution is 2.49. The number of rotatable bonds is 7. The molecule has 0 atom stereocenters. The van der Waals surface area contributed by atoms with Gasteiger partial charge in [-0.25, -0.2) is 0 Å². The second-order valence-electron chi connectivity index (χ2n) is 17.1. The van der Waals surface area contributed by atoms with Crippen LogP contribution in [-0.2, 0) is 0 Å². The van der Waals surface area contributed by atoms with Gasteiger partial charge >= 0.3 is 0 Å². The fraction of sp³-hybridized carbons (Fsp3) is 0. The summed E-state index contributed by atoms with van der Waals surface area (Å²) in [6, 6.07) is 91.6. The van der Waals surface area contributed by atoms with Crippen LogP contribution in [0, 0.1) is 0 Å². The van der Waals surface area contributed by atoms with E-state index in [0.29, 0.717) is 0 Å². The van der Waals surface area contributed by atoms with E-state index in [9.17, 15) is 0 Å². The van der Waals surface area contributed by atoms with Crippen LogP contribution in [0.25, 0.3) is 108 Å². The second-order valence-corrected chi connectivity index (χ2v) is 18.2. The summed E-state index contributed by atoms with van der Waals surface area (Å²) in [7, 11) is 0. The van der Waals surface area contributed by atoms with E-state index in [2.05, 4.69) is 254 Å². The molecule has 2 heteroatoms. The molecule has 0 bridgehead atoms. The molecule has 0 amide bonds. The van der Waals surface area contributed by atoms with Gasteiger partial charge in [-0.1, -0.05) is 212 Å². The third-order valence-electron chi connectivity index (χ3n) is 13.5. The number of benzene rings is 12. The predicted molar refractivity (Wildman–Crippen MR) is 286 cm³/mol. The van der Waals surface area contributed by atoms with Crippen molar-refractivity contribution >= 4 is 91.7 Å². The molecule has 308 valence electrons. The average molecular weight is 856 g/mol. The van der Waals surface area contributed by atoms with Crippen molar-refractivity contribution in [3.05, 3.63) is 249 Å². The highest BCUT2D eigenvalue weighted by molar-refractivity contribution is 7.26. The summed E-state index contributed by atoms with van der Waals surface area (Å²) in [4.78, 5) is 2.48. The van der Waals surface area contributed by atoms with Gasteiger partial charge in [0.05, 0.1) is 11.4 Å². The molecule has 0 aliphatic heterocycles. The molecule has 0 N–H and O–H groups in total. The fourth-order valence-corrected chi connectivity index (χ4v) is 11.7. The van der Waals surface area contributed by atoms with Crippen molar-refractivity contribution in [3.8, 4) is 44.5 Å². The molecule has 0 saturated heterocycles. The number of thiophene rings is 1. The molecule has 1 aromatic heterocycles. The van der Waals surface area contributed by atoms with Crippen LogP contribution in [0.2, 0.25) is 0 Å². The van der Waals surface area contributed by atoms with Crippen LogP contribution in [0.5, 0.6) is 0 Å². The van der Waals surface area contributed by atoms with E-state index >= 15 is 0 Å². The Balaban J connectivity index is 1.05. The second kappa shape index (κ2) is 15.7. The van der Waals surface area contributed by atoms with Crippen LogP contribution in [0.4, 0.5) is 17.1 Å². The highest BCUT2D eigenvalue weighted by Gasteiger charge is 2.23. The Labute approximate surface area is 387 Å². The molecule has 0 radical (unpaired) electrons. The minimum atomic E-state index is 1.10.